The number of piperazine rings is 1. The first-order valence-electron chi connectivity index (χ1n) is 12.1. The molecule has 5 aromatic rings. The van der Waals surface area contributed by atoms with Crippen molar-refractivity contribution in [3.8, 4) is 11.1 Å². The lowest BCUT2D eigenvalue weighted by atomic mass is 9.90. The van der Waals surface area contributed by atoms with Crippen LogP contribution in [0.25, 0.3) is 16.6 Å². The number of anilines is 2. The molecule has 1 aromatic carbocycles. The van der Waals surface area contributed by atoms with Gasteiger partial charge in [0, 0.05) is 85.3 Å². The highest BCUT2D eigenvalue weighted by Gasteiger charge is 2.30. The third-order valence-corrected chi connectivity index (χ3v) is 7.25. The number of nitrogens with zero attached hydrogens (tertiary/aromatic N) is 9. The van der Waals surface area contributed by atoms with Gasteiger partial charge >= 0.3 is 0 Å². The quantitative estimate of drug-likeness (QED) is 0.367. The topological polar surface area (TPSA) is 100 Å². The fourth-order valence-corrected chi connectivity index (χ4v) is 5.13. The SMILES string of the molecule is Cn1cc(-c2cc3c(N4CCN(c5ncc([C@](C)(O)c6ccc(F)cc6Cl)cn5)CC4)ncnn3c2)cn1. The minimum atomic E-state index is -1.47. The lowest BCUT2D eigenvalue weighted by Crippen LogP contribution is -2.47. The summed E-state index contributed by atoms with van der Waals surface area (Å²) in [5, 5.41) is 19.9. The number of fused-ring (bicyclic) bond motifs is 1. The zero-order chi connectivity index (χ0) is 26.4. The molecular weight excluding hydrogens is 509 g/mol. The molecule has 1 N–H and O–H groups in total. The molecular formula is C26H25ClFN9O. The highest BCUT2D eigenvalue weighted by atomic mass is 35.5. The van der Waals surface area contributed by atoms with Gasteiger partial charge in [0.1, 0.15) is 23.3 Å². The van der Waals surface area contributed by atoms with Crippen LogP contribution in [0, 0.1) is 5.82 Å². The first-order chi connectivity index (χ1) is 18.3. The molecule has 38 heavy (non-hydrogen) atoms. The molecule has 194 valence electrons. The second kappa shape index (κ2) is 9.34. The Kier molecular flexibility index (Phi) is 5.96. The van der Waals surface area contributed by atoms with Crippen molar-refractivity contribution < 1.29 is 9.50 Å². The third-order valence-electron chi connectivity index (χ3n) is 6.94. The van der Waals surface area contributed by atoms with Crippen molar-refractivity contribution in [2.24, 2.45) is 7.05 Å². The molecule has 0 radical (unpaired) electrons. The molecule has 5 heterocycles. The smallest absolute Gasteiger partial charge is 0.225 e. The number of benzene rings is 1. The number of hydrogen-bond acceptors (Lipinski definition) is 8. The Balaban J connectivity index is 1.17. The van der Waals surface area contributed by atoms with E-state index in [1.54, 1.807) is 30.3 Å². The van der Waals surface area contributed by atoms with Gasteiger partial charge in [0.05, 0.1) is 6.20 Å². The lowest BCUT2D eigenvalue weighted by Gasteiger charge is -2.35. The van der Waals surface area contributed by atoms with Crippen molar-refractivity contribution in [2.75, 3.05) is 36.0 Å². The molecule has 10 nitrogen and oxygen atoms in total. The molecule has 1 saturated heterocycles. The van der Waals surface area contributed by atoms with E-state index in [1.165, 1.54) is 18.2 Å². The Morgan fingerprint density at radius 2 is 1.66 bits per heavy atom. The van der Waals surface area contributed by atoms with E-state index in [1.807, 2.05) is 30.2 Å². The van der Waals surface area contributed by atoms with Crippen molar-refractivity contribution in [1.29, 1.82) is 0 Å². The van der Waals surface area contributed by atoms with E-state index in [0.29, 0.717) is 30.2 Å². The Hall–Kier alpha value is -4.09. The van der Waals surface area contributed by atoms with Crippen LogP contribution in [0.1, 0.15) is 18.1 Å². The summed E-state index contributed by atoms with van der Waals surface area (Å²) in [6, 6.07) is 6.00. The van der Waals surface area contributed by atoms with Crippen LogP contribution < -0.4 is 9.80 Å². The molecule has 0 unspecified atom stereocenters. The van der Waals surface area contributed by atoms with Gasteiger partial charge in [0.2, 0.25) is 5.95 Å². The summed E-state index contributed by atoms with van der Waals surface area (Å²) >= 11 is 6.18. The summed E-state index contributed by atoms with van der Waals surface area (Å²) in [5.41, 5.74) is 2.38. The first kappa shape index (κ1) is 24.3. The summed E-state index contributed by atoms with van der Waals surface area (Å²) in [6.07, 6.45) is 10.5. The number of aryl methyl sites for hydroxylation is 1. The average molecular weight is 534 g/mol. The maximum Gasteiger partial charge on any atom is 0.225 e. The molecule has 4 aromatic heterocycles. The fraction of sp³-hybridized carbons (Fsp3) is 0.269. The predicted octanol–water partition coefficient (Wildman–Crippen LogP) is 3.29. The lowest BCUT2D eigenvalue weighted by molar-refractivity contribution is 0.101. The Morgan fingerprint density at radius 1 is 0.921 bits per heavy atom. The van der Waals surface area contributed by atoms with E-state index >= 15 is 0 Å². The van der Waals surface area contributed by atoms with Crippen LogP contribution in [0.5, 0.6) is 0 Å². The zero-order valence-corrected chi connectivity index (χ0v) is 21.6. The molecule has 0 bridgehead atoms. The number of aliphatic hydroxyl groups is 1. The zero-order valence-electron chi connectivity index (χ0n) is 20.8. The molecule has 1 fully saturated rings. The largest absolute Gasteiger partial charge is 0.381 e. The molecule has 0 spiro atoms. The second-order valence-corrected chi connectivity index (χ2v) is 9.89. The molecule has 1 aliphatic rings. The molecule has 6 rings (SSSR count). The van der Waals surface area contributed by atoms with Crippen molar-refractivity contribution in [3.05, 3.63) is 83.5 Å². The van der Waals surface area contributed by atoms with Gasteiger partial charge in [-0.3, -0.25) is 4.68 Å². The Bertz CT molecular complexity index is 1610. The van der Waals surface area contributed by atoms with Crippen molar-refractivity contribution in [3.63, 3.8) is 0 Å². The van der Waals surface area contributed by atoms with Gasteiger partial charge in [-0.05, 0) is 25.1 Å². The number of hydrogen-bond donors (Lipinski definition) is 1. The van der Waals surface area contributed by atoms with Crippen molar-refractivity contribution in [1.82, 2.24) is 34.3 Å². The van der Waals surface area contributed by atoms with Crippen LogP contribution in [-0.2, 0) is 12.6 Å². The number of halogens is 2. The van der Waals surface area contributed by atoms with Gasteiger partial charge in [-0.1, -0.05) is 17.7 Å². The first-order valence-corrected chi connectivity index (χ1v) is 12.5. The van der Waals surface area contributed by atoms with Crippen LogP contribution in [0.15, 0.2) is 61.6 Å². The molecule has 1 aliphatic heterocycles. The maximum atomic E-state index is 13.5. The average Bonchev–Trinajstić information content (AvgIpc) is 3.55. The predicted molar refractivity (Wildman–Crippen MR) is 142 cm³/mol. The summed E-state index contributed by atoms with van der Waals surface area (Å²) in [5.74, 6) is 0.982. The summed E-state index contributed by atoms with van der Waals surface area (Å²) < 4.78 is 17.1. The third kappa shape index (κ3) is 4.33. The Labute approximate surface area is 223 Å². The van der Waals surface area contributed by atoms with E-state index in [9.17, 15) is 9.50 Å². The van der Waals surface area contributed by atoms with E-state index in [2.05, 4.69) is 41.0 Å². The van der Waals surface area contributed by atoms with E-state index in [-0.39, 0.29) is 5.02 Å². The van der Waals surface area contributed by atoms with Gasteiger partial charge in [-0.25, -0.2) is 23.9 Å². The van der Waals surface area contributed by atoms with Crippen LogP contribution in [0.4, 0.5) is 16.2 Å². The highest BCUT2D eigenvalue weighted by Crippen LogP contribution is 2.34. The van der Waals surface area contributed by atoms with E-state index in [0.717, 1.165) is 35.6 Å². The Morgan fingerprint density at radius 3 is 2.34 bits per heavy atom. The van der Waals surface area contributed by atoms with Gasteiger partial charge in [-0.15, -0.1) is 0 Å². The summed E-state index contributed by atoms with van der Waals surface area (Å²) in [7, 11) is 1.89. The maximum absolute atomic E-state index is 13.5. The minimum Gasteiger partial charge on any atom is -0.381 e. The van der Waals surface area contributed by atoms with Crippen LogP contribution >= 0.6 is 11.6 Å². The monoisotopic (exact) mass is 533 g/mol. The minimum absolute atomic E-state index is 0.143. The molecule has 12 heteroatoms. The van der Waals surface area contributed by atoms with Gasteiger partial charge < -0.3 is 14.9 Å². The molecule has 0 amide bonds. The van der Waals surface area contributed by atoms with Crippen LogP contribution in [-0.4, -0.2) is 65.6 Å². The van der Waals surface area contributed by atoms with Crippen LogP contribution in [0.3, 0.4) is 0 Å². The highest BCUT2D eigenvalue weighted by molar-refractivity contribution is 6.31. The van der Waals surface area contributed by atoms with E-state index < -0.39 is 11.4 Å². The molecule has 0 aliphatic carbocycles. The van der Waals surface area contributed by atoms with Crippen molar-refractivity contribution >= 4 is 28.9 Å². The summed E-state index contributed by atoms with van der Waals surface area (Å²) in [4.78, 5) is 17.9. The second-order valence-electron chi connectivity index (χ2n) is 9.49. The normalized spacial score (nSPS) is 15.7. The van der Waals surface area contributed by atoms with E-state index in [4.69, 9.17) is 11.6 Å². The fourth-order valence-electron chi connectivity index (χ4n) is 4.78. The summed E-state index contributed by atoms with van der Waals surface area (Å²) in [6.45, 7) is 4.45. The van der Waals surface area contributed by atoms with Gasteiger partial charge in [0.25, 0.3) is 0 Å². The van der Waals surface area contributed by atoms with Crippen molar-refractivity contribution in [2.45, 2.75) is 12.5 Å². The van der Waals surface area contributed by atoms with Gasteiger partial charge in [-0.2, -0.15) is 10.2 Å². The molecule has 1 atom stereocenters. The number of aromatic nitrogens is 7. The number of rotatable bonds is 5. The van der Waals surface area contributed by atoms with Gasteiger partial charge in [0.15, 0.2) is 5.82 Å². The molecule has 0 saturated carbocycles. The van der Waals surface area contributed by atoms with Crippen LogP contribution in [0.2, 0.25) is 5.02 Å². The standard InChI is InChI=1S/C26H25ClFN9O/c1-26(38,21-4-3-20(28)10-22(21)27)19-12-29-25(30-13-19)36-7-5-35(6-8-36)24-23-9-17(15-37(23)33-16-31-24)18-11-32-34(2)14-18/h3-4,9-16,38H,5-8H2,1-2H3/t26-/m0/s1.